The number of ether oxygens (including phenoxy) is 2. The Labute approximate surface area is 163 Å². The average Bonchev–Trinajstić information content (AvgIpc) is 2.67. The number of methoxy groups -OCH3 is 1. The molecule has 0 saturated heterocycles. The highest BCUT2D eigenvalue weighted by atomic mass is 19.4. The maximum atomic E-state index is 13.1. The maximum Gasteiger partial charge on any atom is 0.416 e. The van der Waals surface area contributed by atoms with E-state index in [2.05, 4.69) is 10.3 Å². The van der Waals surface area contributed by atoms with Crippen molar-refractivity contribution in [3.8, 4) is 5.75 Å². The highest BCUT2D eigenvalue weighted by Gasteiger charge is 2.31. The van der Waals surface area contributed by atoms with E-state index >= 15 is 0 Å². The number of anilines is 1. The number of pyridine rings is 1. The van der Waals surface area contributed by atoms with Crippen LogP contribution in [0.5, 0.6) is 5.75 Å². The molecule has 0 spiro atoms. The maximum absolute atomic E-state index is 13.1. The predicted octanol–water partition coefficient (Wildman–Crippen LogP) is 3.82. The lowest BCUT2D eigenvalue weighted by atomic mass is 10.1. The minimum atomic E-state index is -4.60. The fraction of sp³-hybridized carbons (Fsp3) is 0.200. The predicted molar refractivity (Wildman–Crippen MR) is 101 cm³/mol. The molecule has 1 aromatic heterocycles. The van der Waals surface area contributed by atoms with Gasteiger partial charge in [-0.1, -0.05) is 18.2 Å². The molecule has 9 heteroatoms. The molecule has 0 aliphatic heterocycles. The number of benzene rings is 2. The highest BCUT2D eigenvalue weighted by Crippen LogP contribution is 2.35. The van der Waals surface area contributed by atoms with Crippen molar-refractivity contribution >= 4 is 22.5 Å². The lowest BCUT2D eigenvalue weighted by Crippen LogP contribution is -2.18. The summed E-state index contributed by atoms with van der Waals surface area (Å²) in [6.45, 7) is 0.297. The van der Waals surface area contributed by atoms with Crippen molar-refractivity contribution < 1.29 is 27.4 Å². The van der Waals surface area contributed by atoms with Crippen LogP contribution in [0, 0.1) is 0 Å². The summed E-state index contributed by atoms with van der Waals surface area (Å²) >= 11 is 0. The number of carbonyl (C=O) groups excluding carboxylic acids is 1. The van der Waals surface area contributed by atoms with E-state index in [-0.39, 0.29) is 30.2 Å². The van der Waals surface area contributed by atoms with Crippen molar-refractivity contribution in [1.82, 2.24) is 4.98 Å². The van der Waals surface area contributed by atoms with Gasteiger partial charge in [-0.15, -0.1) is 0 Å². The molecule has 2 N–H and O–H groups in total. The van der Waals surface area contributed by atoms with Crippen LogP contribution in [0.2, 0.25) is 0 Å². The first kappa shape index (κ1) is 20.4. The Morgan fingerprint density at radius 2 is 1.86 bits per heavy atom. The number of hydrogen-bond acceptors (Lipinski definition) is 4. The molecule has 0 saturated carbocycles. The van der Waals surface area contributed by atoms with E-state index < -0.39 is 23.2 Å². The number of amides is 1. The summed E-state index contributed by atoms with van der Waals surface area (Å²) in [7, 11) is 1.46. The molecule has 3 rings (SSSR count). The van der Waals surface area contributed by atoms with Crippen molar-refractivity contribution in [3.63, 3.8) is 0 Å². The summed E-state index contributed by atoms with van der Waals surface area (Å²) in [6.07, 6.45) is -4.60. The molecular weight excluding hydrogens is 389 g/mol. The van der Waals surface area contributed by atoms with Gasteiger partial charge in [-0.05, 0) is 24.3 Å². The minimum Gasteiger partial charge on any atom is -0.489 e. The third-order valence-electron chi connectivity index (χ3n) is 4.10. The number of H-pyrrole nitrogens is 1. The molecule has 29 heavy (non-hydrogen) atoms. The standard InChI is InChI=1S/C20H17F3N2O4/c1-28-8-9-29-17-7-6-12(20(21,22)23)10-16(17)25-19(27)14-11-18(26)24-15-5-3-2-4-13(14)15/h2-7,10-11H,8-9H2,1H3,(H,24,26)(H,25,27). The number of hydrogen-bond donors (Lipinski definition) is 2. The molecule has 0 fully saturated rings. The fourth-order valence-electron chi connectivity index (χ4n) is 2.75. The number of alkyl halides is 3. The Bertz CT molecular complexity index is 1090. The van der Waals surface area contributed by atoms with Crippen molar-refractivity contribution in [3.05, 3.63) is 70.0 Å². The van der Waals surface area contributed by atoms with Crippen LogP contribution in [-0.2, 0) is 10.9 Å². The zero-order valence-corrected chi connectivity index (χ0v) is 15.3. The van der Waals surface area contributed by atoms with Gasteiger partial charge in [-0.25, -0.2) is 0 Å². The Morgan fingerprint density at radius 3 is 2.59 bits per heavy atom. The topological polar surface area (TPSA) is 80.4 Å². The van der Waals surface area contributed by atoms with Gasteiger partial charge in [-0.2, -0.15) is 13.2 Å². The molecule has 0 aliphatic carbocycles. The van der Waals surface area contributed by atoms with Crippen molar-refractivity contribution in [2.75, 3.05) is 25.6 Å². The summed E-state index contributed by atoms with van der Waals surface area (Å²) in [6, 6.07) is 10.5. The largest absolute Gasteiger partial charge is 0.489 e. The Hall–Kier alpha value is -3.33. The van der Waals surface area contributed by atoms with E-state index in [9.17, 15) is 22.8 Å². The summed E-state index contributed by atoms with van der Waals surface area (Å²) in [5.41, 5.74) is -1.14. The SMILES string of the molecule is COCCOc1ccc(C(F)(F)F)cc1NC(=O)c1cc(=O)[nH]c2ccccc12. The molecule has 0 unspecified atom stereocenters. The van der Waals surface area contributed by atoms with E-state index in [1.165, 1.54) is 7.11 Å². The third kappa shape index (κ3) is 4.75. The lowest BCUT2D eigenvalue weighted by molar-refractivity contribution is -0.137. The average molecular weight is 406 g/mol. The quantitative estimate of drug-likeness (QED) is 0.610. The molecule has 3 aromatic rings. The number of carbonyl (C=O) groups is 1. The van der Waals surface area contributed by atoms with Gasteiger partial charge in [-0.3, -0.25) is 9.59 Å². The van der Waals surface area contributed by atoms with Crippen LogP contribution in [0.25, 0.3) is 10.9 Å². The van der Waals surface area contributed by atoms with E-state index in [1.807, 2.05) is 0 Å². The summed E-state index contributed by atoms with van der Waals surface area (Å²) in [5, 5.41) is 2.88. The van der Waals surface area contributed by atoms with Crippen LogP contribution in [0.4, 0.5) is 18.9 Å². The zero-order chi connectivity index (χ0) is 21.0. The first-order valence-electron chi connectivity index (χ1n) is 8.56. The van der Waals surface area contributed by atoms with Crippen LogP contribution < -0.4 is 15.6 Å². The molecule has 0 atom stereocenters. The number of rotatable bonds is 6. The second-order valence-electron chi connectivity index (χ2n) is 6.10. The van der Waals surface area contributed by atoms with Gasteiger partial charge in [0.1, 0.15) is 12.4 Å². The van der Waals surface area contributed by atoms with Crippen LogP contribution in [0.3, 0.4) is 0 Å². The fourth-order valence-corrected chi connectivity index (χ4v) is 2.75. The molecule has 0 radical (unpaired) electrons. The van der Waals surface area contributed by atoms with Gasteiger partial charge in [0.2, 0.25) is 5.56 Å². The summed E-state index contributed by atoms with van der Waals surface area (Å²) < 4.78 is 49.6. The van der Waals surface area contributed by atoms with Gasteiger partial charge >= 0.3 is 6.18 Å². The first-order valence-corrected chi connectivity index (χ1v) is 8.56. The van der Waals surface area contributed by atoms with Crippen molar-refractivity contribution in [2.45, 2.75) is 6.18 Å². The molecule has 6 nitrogen and oxygen atoms in total. The van der Waals surface area contributed by atoms with Gasteiger partial charge < -0.3 is 19.8 Å². The first-order chi connectivity index (χ1) is 13.8. The van der Waals surface area contributed by atoms with Gasteiger partial charge in [0, 0.05) is 24.1 Å². The molecule has 1 amide bonds. The van der Waals surface area contributed by atoms with E-state index in [1.54, 1.807) is 24.3 Å². The summed E-state index contributed by atoms with van der Waals surface area (Å²) in [4.78, 5) is 27.3. The molecule has 152 valence electrons. The Balaban J connectivity index is 1.99. The van der Waals surface area contributed by atoms with Crippen LogP contribution in [-0.4, -0.2) is 31.2 Å². The lowest BCUT2D eigenvalue weighted by Gasteiger charge is -2.15. The van der Waals surface area contributed by atoms with E-state index in [0.29, 0.717) is 10.9 Å². The molecule has 0 aliphatic rings. The van der Waals surface area contributed by atoms with E-state index in [4.69, 9.17) is 9.47 Å². The second kappa shape index (κ2) is 8.36. The number of halogens is 3. The van der Waals surface area contributed by atoms with Crippen LogP contribution >= 0.6 is 0 Å². The van der Waals surface area contributed by atoms with Crippen LogP contribution in [0.15, 0.2) is 53.3 Å². The number of para-hydroxylation sites is 1. The Morgan fingerprint density at radius 1 is 1.10 bits per heavy atom. The number of aromatic amines is 1. The number of fused-ring (bicyclic) bond motifs is 1. The number of nitrogens with one attached hydrogen (secondary N) is 2. The Kier molecular flexibility index (Phi) is 5.88. The van der Waals surface area contributed by atoms with Gasteiger partial charge in [0.15, 0.2) is 0 Å². The van der Waals surface area contributed by atoms with Crippen molar-refractivity contribution in [1.29, 1.82) is 0 Å². The smallest absolute Gasteiger partial charge is 0.416 e. The van der Waals surface area contributed by atoms with Crippen molar-refractivity contribution in [2.24, 2.45) is 0 Å². The monoisotopic (exact) mass is 406 g/mol. The molecule has 2 aromatic carbocycles. The molecule has 0 bridgehead atoms. The minimum absolute atomic E-state index is 0.0320. The van der Waals surface area contributed by atoms with E-state index in [0.717, 1.165) is 24.3 Å². The second-order valence-corrected chi connectivity index (χ2v) is 6.10. The summed E-state index contributed by atoms with van der Waals surface area (Å²) in [5.74, 6) is -0.680. The third-order valence-corrected chi connectivity index (χ3v) is 4.10. The zero-order valence-electron chi connectivity index (χ0n) is 15.3. The van der Waals surface area contributed by atoms with Gasteiger partial charge in [0.05, 0.1) is 23.4 Å². The molecule has 1 heterocycles. The van der Waals surface area contributed by atoms with Crippen LogP contribution in [0.1, 0.15) is 15.9 Å². The highest BCUT2D eigenvalue weighted by molar-refractivity contribution is 6.12. The normalized spacial score (nSPS) is 11.4. The van der Waals surface area contributed by atoms with Gasteiger partial charge in [0.25, 0.3) is 5.91 Å². The number of aromatic nitrogens is 1. The molecular formula is C20H17F3N2O4.